The van der Waals surface area contributed by atoms with Gasteiger partial charge in [0, 0.05) is 46.6 Å². The lowest BCUT2D eigenvalue weighted by atomic mass is 10.1. The highest BCUT2D eigenvalue weighted by Gasteiger charge is 2.12. The Morgan fingerprint density at radius 3 is 2.25 bits per heavy atom. The van der Waals surface area contributed by atoms with E-state index in [1.165, 1.54) is 6.92 Å². The number of benzene rings is 3. The van der Waals surface area contributed by atoms with Crippen molar-refractivity contribution < 1.29 is 9.59 Å². The third-order valence-electron chi connectivity index (χ3n) is 5.25. The van der Waals surface area contributed by atoms with Crippen LogP contribution in [0.2, 0.25) is 0 Å². The van der Waals surface area contributed by atoms with Crippen LogP contribution in [0, 0.1) is 11.3 Å². The van der Waals surface area contributed by atoms with E-state index in [1.807, 2.05) is 36.4 Å². The average Bonchev–Trinajstić information content (AvgIpc) is 3.11. The molecular formula is C26H22N4O2. The second-order valence-corrected chi connectivity index (χ2v) is 7.42. The van der Waals surface area contributed by atoms with Gasteiger partial charge in [-0.3, -0.25) is 9.59 Å². The van der Waals surface area contributed by atoms with Gasteiger partial charge >= 0.3 is 0 Å². The molecule has 0 unspecified atom stereocenters. The normalized spacial score (nSPS) is 11.3. The molecule has 32 heavy (non-hydrogen) atoms. The van der Waals surface area contributed by atoms with E-state index in [0.717, 1.165) is 33.9 Å². The van der Waals surface area contributed by atoms with Crippen molar-refractivity contribution in [2.75, 3.05) is 10.6 Å². The summed E-state index contributed by atoms with van der Waals surface area (Å²) in [4.78, 5) is 23.8. The van der Waals surface area contributed by atoms with Crippen LogP contribution in [0.4, 0.5) is 11.4 Å². The lowest BCUT2D eigenvalue weighted by Crippen LogP contribution is -2.13. The first-order chi connectivity index (χ1) is 15.5. The number of hydrogen-bond donors (Lipinski definition) is 2. The fourth-order valence-electron chi connectivity index (χ4n) is 3.86. The van der Waals surface area contributed by atoms with Gasteiger partial charge in [-0.25, -0.2) is 0 Å². The Labute approximate surface area is 185 Å². The van der Waals surface area contributed by atoms with Gasteiger partial charge in [0.05, 0.1) is 0 Å². The molecule has 0 radical (unpaired) electrons. The van der Waals surface area contributed by atoms with Gasteiger partial charge in [-0.15, -0.1) is 0 Å². The zero-order valence-electron chi connectivity index (χ0n) is 17.8. The molecule has 0 aliphatic rings. The van der Waals surface area contributed by atoms with E-state index in [9.17, 15) is 14.9 Å². The van der Waals surface area contributed by atoms with Crippen LogP contribution in [-0.2, 0) is 16.1 Å². The molecule has 0 bridgehead atoms. The fraction of sp³-hybridized carbons (Fsp3) is 0.115. The Bertz CT molecular complexity index is 1410. The maximum atomic E-state index is 12.7. The van der Waals surface area contributed by atoms with Crippen LogP contribution in [-0.4, -0.2) is 16.4 Å². The third-order valence-corrected chi connectivity index (χ3v) is 5.25. The number of rotatable bonds is 5. The first-order valence-corrected chi connectivity index (χ1v) is 10.3. The Morgan fingerprint density at radius 2 is 1.59 bits per heavy atom. The number of carbonyl (C=O) groups is 2. The van der Waals surface area contributed by atoms with E-state index < -0.39 is 5.91 Å². The van der Waals surface area contributed by atoms with Gasteiger partial charge in [-0.2, -0.15) is 5.26 Å². The molecule has 3 aromatic carbocycles. The first kappa shape index (κ1) is 20.9. The van der Waals surface area contributed by atoms with Crippen molar-refractivity contribution in [3.63, 3.8) is 0 Å². The van der Waals surface area contributed by atoms with Gasteiger partial charge in [-0.1, -0.05) is 24.3 Å². The van der Waals surface area contributed by atoms with Crippen LogP contribution in [0.5, 0.6) is 0 Å². The predicted molar refractivity (Wildman–Crippen MR) is 128 cm³/mol. The second-order valence-electron chi connectivity index (χ2n) is 7.42. The summed E-state index contributed by atoms with van der Waals surface area (Å²) in [6.45, 7) is 4.39. The summed E-state index contributed by atoms with van der Waals surface area (Å²) in [6, 6.07) is 22.9. The molecule has 1 heterocycles. The molecular weight excluding hydrogens is 400 g/mol. The maximum Gasteiger partial charge on any atom is 0.266 e. The molecule has 4 rings (SSSR count). The number of nitrogens with one attached hydrogen (secondary N) is 2. The number of carbonyl (C=O) groups excluding carboxylic acids is 2. The second kappa shape index (κ2) is 8.78. The highest BCUT2D eigenvalue weighted by molar-refractivity contribution is 6.11. The molecule has 4 aromatic rings. The van der Waals surface area contributed by atoms with Gasteiger partial charge in [0.25, 0.3) is 5.91 Å². The standard InChI is InChI=1S/C26H22N4O2/c1-3-30-24-7-5-4-6-22(24)23-15-18(8-13-25(23)30)14-19(16-27)26(32)29-21-11-9-20(10-12-21)28-17(2)31/h4-15H,3H2,1-2H3,(H,28,31)(H,29,32)/b19-14+. The number of amides is 2. The minimum atomic E-state index is -0.490. The summed E-state index contributed by atoms with van der Waals surface area (Å²) < 4.78 is 2.25. The van der Waals surface area contributed by atoms with E-state index in [-0.39, 0.29) is 11.5 Å². The topological polar surface area (TPSA) is 86.9 Å². The number of nitrogens with zero attached hydrogens (tertiary/aromatic N) is 2. The van der Waals surface area contributed by atoms with Crippen molar-refractivity contribution in [2.24, 2.45) is 0 Å². The molecule has 0 spiro atoms. The summed E-state index contributed by atoms with van der Waals surface area (Å²) >= 11 is 0. The van der Waals surface area contributed by atoms with Gasteiger partial charge in [0.1, 0.15) is 11.6 Å². The number of fused-ring (bicyclic) bond motifs is 3. The predicted octanol–water partition coefficient (Wildman–Crippen LogP) is 5.32. The molecule has 0 atom stereocenters. The van der Waals surface area contributed by atoms with Crippen molar-refractivity contribution in [1.82, 2.24) is 4.57 Å². The van der Waals surface area contributed by atoms with Crippen LogP contribution in [0.1, 0.15) is 19.4 Å². The molecule has 0 saturated carbocycles. The first-order valence-electron chi connectivity index (χ1n) is 10.3. The van der Waals surface area contributed by atoms with Crippen LogP contribution in [0.15, 0.2) is 72.3 Å². The molecule has 2 amide bonds. The lowest BCUT2D eigenvalue weighted by Gasteiger charge is -2.07. The van der Waals surface area contributed by atoms with Crippen molar-refractivity contribution in [2.45, 2.75) is 20.4 Å². The van der Waals surface area contributed by atoms with Crippen LogP contribution in [0.25, 0.3) is 27.9 Å². The third kappa shape index (κ3) is 4.09. The average molecular weight is 422 g/mol. The van der Waals surface area contributed by atoms with Crippen LogP contribution >= 0.6 is 0 Å². The number of nitriles is 1. The summed E-state index contributed by atoms with van der Waals surface area (Å²) in [7, 11) is 0. The van der Waals surface area contributed by atoms with Crippen LogP contribution in [0.3, 0.4) is 0 Å². The van der Waals surface area contributed by atoms with Gasteiger partial charge in [-0.05, 0) is 61.0 Å². The SMILES string of the molecule is CCn1c2ccccc2c2cc(/C=C(\C#N)C(=O)Nc3ccc(NC(C)=O)cc3)ccc21. The van der Waals surface area contributed by atoms with Crippen molar-refractivity contribution in [3.05, 3.63) is 77.9 Å². The Balaban J connectivity index is 1.62. The smallest absolute Gasteiger partial charge is 0.266 e. The molecule has 2 N–H and O–H groups in total. The number of aryl methyl sites for hydroxylation is 1. The zero-order valence-corrected chi connectivity index (χ0v) is 17.8. The van der Waals surface area contributed by atoms with Crippen molar-refractivity contribution >= 4 is 51.1 Å². The van der Waals surface area contributed by atoms with Crippen molar-refractivity contribution in [1.29, 1.82) is 5.26 Å². The summed E-state index contributed by atoms with van der Waals surface area (Å²) in [6.07, 6.45) is 1.60. The van der Waals surface area contributed by atoms with E-state index >= 15 is 0 Å². The molecule has 1 aromatic heterocycles. The maximum absolute atomic E-state index is 12.7. The zero-order chi connectivity index (χ0) is 22.7. The number of anilines is 2. The molecule has 0 aliphatic heterocycles. The molecule has 6 nitrogen and oxygen atoms in total. The van der Waals surface area contributed by atoms with E-state index in [2.05, 4.69) is 34.3 Å². The summed E-state index contributed by atoms with van der Waals surface area (Å²) in [5, 5.41) is 17.2. The highest BCUT2D eigenvalue weighted by atomic mass is 16.2. The number of aromatic nitrogens is 1. The van der Waals surface area contributed by atoms with E-state index in [4.69, 9.17) is 0 Å². The summed E-state index contributed by atoms with van der Waals surface area (Å²) in [5.74, 6) is -0.661. The Hall–Kier alpha value is -4.37. The molecule has 0 fully saturated rings. The molecule has 0 aliphatic carbocycles. The van der Waals surface area contributed by atoms with Crippen molar-refractivity contribution in [3.8, 4) is 6.07 Å². The highest BCUT2D eigenvalue weighted by Crippen LogP contribution is 2.30. The number of hydrogen-bond acceptors (Lipinski definition) is 3. The van der Waals surface area contributed by atoms with E-state index in [0.29, 0.717) is 11.4 Å². The quantitative estimate of drug-likeness (QED) is 0.337. The number of para-hydroxylation sites is 1. The largest absolute Gasteiger partial charge is 0.341 e. The minimum absolute atomic E-state index is 0.00881. The molecule has 6 heteroatoms. The monoisotopic (exact) mass is 422 g/mol. The van der Waals surface area contributed by atoms with Crippen LogP contribution < -0.4 is 10.6 Å². The lowest BCUT2D eigenvalue weighted by molar-refractivity contribution is -0.114. The Morgan fingerprint density at radius 1 is 0.938 bits per heavy atom. The minimum Gasteiger partial charge on any atom is -0.341 e. The van der Waals surface area contributed by atoms with Gasteiger partial charge < -0.3 is 15.2 Å². The van der Waals surface area contributed by atoms with Gasteiger partial charge in [0.15, 0.2) is 0 Å². The Kier molecular flexibility index (Phi) is 5.73. The van der Waals surface area contributed by atoms with E-state index in [1.54, 1.807) is 30.3 Å². The van der Waals surface area contributed by atoms with Gasteiger partial charge in [0.2, 0.25) is 5.91 Å². The summed E-state index contributed by atoms with van der Waals surface area (Å²) in [5.41, 5.74) is 4.23. The molecule has 0 saturated heterocycles. The fourth-order valence-corrected chi connectivity index (χ4v) is 3.86. The molecule has 158 valence electrons.